The number of terminal acetylenes is 1. The van der Waals surface area contributed by atoms with Gasteiger partial charge in [0.25, 0.3) is 0 Å². The molecular formula is C8H11ClO. The second-order valence-electron chi connectivity index (χ2n) is 2.07. The highest BCUT2D eigenvalue weighted by atomic mass is 35.5. The van der Waals surface area contributed by atoms with Crippen LogP contribution >= 0.6 is 11.6 Å². The van der Waals surface area contributed by atoms with Crippen molar-refractivity contribution in [3.05, 3.63) is 0 Å². The minimum absolute atomic E-state index is 0.102. The lowest BCUT2D eigenvalue weighted by Crippen LogP contribution is -1.91. The summed E-state index contributed by atoms with van der Waals surface area (Å²) in [6, 6.07) is 0. The summed E-state index contributed by atoms with van der Waals surface area (Å²) in [4.78, 5) is 10.5. The van der Waals surface area contributed by atoms with E-state index in [0.717, 1.165) is 19.3 Å². The predicted molar refractivity (Wildman–Crippen MR) is 43.0 cm³/mol. The molecule has 0 radical (unpaired) electrons. The van der Waals surface area contributed by atoms with E-state index in [9.17, 15) is 4.79 Å². The fourth-order valence-electron chi connectivity index (χ4n) is 0.629. The zero-order chi connectivity index (χ0) is 7.82. The molecule has 2 heteroatoms. The predicted octanol–water partition coefficient (Wildman–Crippen LogP) is 1.99. The van der Waals surface area contributed by atoms with E-state index in [4.69, 9.17) is 18.0 Å². The maximum atomic E-state index is 10.5. The third-order valence-electron chi connectivity index (χ3n) is 1.20. The standard InChI is InChI=1S/C8H11ClO/c1-2-8(10)6-4-3-5-7-9/h1H,3-7H2. The topological polar surface area (TPSA) is 17.1 Å². The number of hydrogen-bond acceptors (Lipinski definition) is 1. The fraction of sp³-hybridized carbons (Fsp3) is 0.625. The van der Waals surface area contributed by atoms with Gasteiger partial charge in [0.2, 0.25) is 5.78 Å². The molecule has 0 aromatic heterocycles. The van der Waals surface area contributed by atoms with E-state index >= 15 is 0 Å². The van der Waals surface area contributed by atoms with Crippen LogP contribution in [0.2, 0.25) is 0 Å². The van der Waals surface area contributed by atoms with Crippen LogP contribution in [0.4, 0.5) is 0 Å². The Kier molecular flexibility index (Phi) is 6.32. The van der Waals surface area contributed by atoms with Crippen molar-refractivity contribution in [3.8, 4) is 12.3 Å². The summed E-state index contributed by atoms with van der Waals surface area (Å²) in [7, 11) is 0. The van der Waals surface area contributed by atoms with E-state index in [-0.39, 0.29) is 5.78 Å². The van der Waals surface area contributed by atoms with Crippen LogP contribution in [-0.4, -0.2) is 11.7 Å². The summed E-state index contributed by atoms with van der Waals surface area (Å²) in [5.41, 5.74) is 0. The molecule has 0 amide bonds. The molecular weight excluding hydrogens is 148 g/mol. The van der Waals surface area contributed by atoms with Crippen LogP contribution in [-0.2, 0) is 4.79 Å². The molecule has 56 valence electrons. The average Bonchev–Trinajstić information content (AvgIpc) is 1.98. The molecule has 0 aliphatic carbocycles. The largest absolute Gasteiger partial charge is 0.285 e. The van der Waals surface area contributed by atoms with Crippen molar-refractivity contribution in [3.63, 3.8) is 0 Å². The number of alkyl halides is 1. The minimum Gasteiger partial charge on any atom is -0.285 e. The van der Waals surface area contributed by atoms with Gasteiger partial charge >= 0.3 is 0 Å². The van der Waals surface area contributed by atoms with E-state index in [1.54, 1.807) is 0 Å². The maximum absolute atomic E-state index is 10.5. The highest BCUT2D eigenvalue weighted by Gasteiger charge is 1.94. The van der Waals surface area contributed by atoms with Crippen LogP contribution < -0.4 is 0 Å². The molecule has 10 heavy (non-hydrogen) atoms. The van der Waals surface area contributed by atoms with Crippen LogP contribution in [0.25, 0.3) is 0 Å². The third kappa shape index (κ3) is 5.65. The van der Waals surface area contributed by atoms with Crippen molar-refractivity contribution in [2.75, 3.05) is 5.88 Å². The van der Waals surface area contributed by atoms with E-state index in [1.165, 1.54) is 0 Å². The Labute approximate surface area is 66.8 Å². The van der Waals surface area contributed by atoms with E-state index in [2.05, 4.69) is 5.92 Å². The Morgan fingerprint density at radius 3 is 2.60 bits per heavy atom. The lowest BCUT2D eigenvalue weighted by Gasteiger charge is -1.92. The van der Waals surface area contributed by atoms with Crippen molar-refractivity contribution in [2.45, 2.75) is 25.7 Å². The van der Waals surface area contributed by atoms with Crippen LogP contribution in [0.1, 0.15) is 25.7 Å². The van der Waals surface area contributed by atoms with E-state index in [0.29, 0.717) is 12.3 Å². The van der Waals surface area contributed by atoms with Crippen LogP contribution in [0.15, 0.2) is 0 Å². The van der Waals surface area contributed by atoms with Gasteiger partial charge in [-0.05, 0) is 18.8 Å². The third-order valence-corrected chi connectivity index (χ3v) is 1.47. The summed E-state index contributed by atoms with van der Waals surface area (Å²) in [5, 5.41) is 0. The van der Waals surface area contributed by atoms with Gasteiger partial charge in [0.05, 0.1) is 0 Å². The number of hydrogen-bond donors (Lipinski definition) is 0. The lowest BCUT2D eigenvalue weighted by atomic mass is 10.1. The second kappa shape index (κ2) is 6.64. The number of halogens is 1. The molecule has 0 spiro atoms. The Hall–Kier alpha value is -0.480. The first-order chi connectivity index (χ1) is 4.81. The molecule has 0 N–H and O–H groups in total. The molecule has 0 bridgehead atoms. The molecule has 0 unspecified atom stereocenters. The zero-order valence-corrected chi connectivity index (χ0v) is 6.66. The molecule has 0 saturated carbocycles. The Morgan fingerprint density at radius 2 is 2.10 bits per heavy atom. The summed E-state index contributed by atoms with van der Waals surface area (Å²) in [5.74, 6) is 2.64. The summed E-state index contributed by atoms with van der Waals surface area (Å²) >= 11 is 5.43. The first kappa shape index (κ1) is 9.52. The molecule has 0 aromatic carbocycles. The first-order valence-electron chi connectivity index (χ1n) is 3.36. The molecule has 0 aliphatic heterocycles. The highest BCUT2D eigenvalue weighted by molar-refractivity contribution is 6.17. The smallest absolute Gasteiger partial charge is 0.205 e. The van der Waals surface area contributed by atoms with E-state index < -0.39 is 0 Å². The maximum Gasteiger partial charge on any atom is 0.205 e. The van der Waals surface area contributed by atoms with Crippen molar-refractivity contribution in [2.24, 2.45) is 0 Å². The fourth-order valence-corrected chi connectivity index (χ4v) is 0.818. The van der Waals surface area contributed by atoms with Crippen molar-refractivity contribution in [1.29, 1.82) is 0 Å². The molecule has 0 aliphatic rings. The Morgan fingerprint density at radius 1 is 1.40 bits per heavy atom. The molecule has 0 rings (SSSR count). The monoisotopic (exact) mass is 158 g/mol. The van der Waals surface area contributed by atoms with Gasteiger partial charge in [0.15, 0.2) is 0 Å². The van der Waals surface area contributed by atoms with Gasteiger partial charge in [-0.1, -0.05) is 6.42 Å². The quantitative estimate of drug-likeness (QED) is 0.259. The minimum atomic E-state index is -0.102. The lowest BCUT2D eigenvalue weighted by molar-refractivity contribution is -0.113. The van der Waals surface area contributed by atoms with Crippen LogP contribution in [0.5, 0.6) is 0 Å². The molecule has 1 nitrogen and oxygen atoms in total. The van der Waals surface area contributed by atoms with Gasteiger partial charge in [-0.3, -0.25) is 4.79 Å². The number of ketones is 1. The van der Waals surface area contributed by atoms with Crippen molar-refractivity contribution < 1.29 is 4.79 Å². The van der Waals surface area contributed by atoms with E-state index in [1.807, 2.05) is 0 Å². The van der Waals surface area contributed by atoms with Crippen LogP contribution in [0.3, 0.4) is 0 Å². The zero-order valence-electron chi connectivity index (χ0n) is 5.90. The summed E-state index contributed by atoms with van der Waals surface area (Å²) < 4.78 is 0. The summed E-state index contributed by atoms with van der Waals surface area (Å²) in [6.07, 6.45) is 8.21. The Bertz CT molecular complexity index is 135. The molecule has 0 saturated heterocycles. The van der Waals surface area contributed by atoms with Gasteiger partial charge < -0.3 is 0 Å². The normalized spacial score (nSPS) is 8.80. The average molecular weight is 159 g/mol. The number of Topliss-reactive ketones (excluding diaryl/α,β-unsaturated/α-hetero) is 1. The number of carbonyl (C=O) groups excluding carboxylic acids is 1. The molecule has 0 fully saturated rings. The number of carbonyl (C=O) groups is 1. The Balaban J connectivity index is 3.06. The molecule has 0 heterocycles. The van der Waals surface area contributed by atoms with Crippen LogP contribution in [0, 0.1) is 12.3 Å². The SMILES string of the molecule is C#CC(=O)CCCCCCl. The first-order valence-corrected chi connectivity index (χ1v) is 3.90. The highest BCUT2D eigenvalue weighted by Crippen LogP contribution is 2.00. The summed E-state index contributed by atoms with van der Waals surface area (Å²) in [6.45, 7) is 0. The number of rotatable bonds is 5. The van der Waals surface area contributed by atoms with Crippen molar-refractivity contribution >= 4 is 17.4 Å². The van der Waals surface area contributed by atoms with Gasteiger partial charge in [-0.25, -0.2) is 0 Å². The molecule has 0 aromatic rings. The van der Waals surface area contributed by atoms with Gasteiger partial charge in [-0.2, -0.15) is 0 Å². The second-order valence-corrected chi connectivity index (χ2v) is 2.45. The molecule has 0 atom stereocenters. The van der Waals surface area contributed by atoms with Gasteiger partial charge in [0.1, 0.15) is 0 Å². The van der Waals surface area contributed by atoms with Gasteiger partial charge in [0, 0.05) is 12.3 Å². The van der Waals surface area contributed by atoms with Crippen molar-refractivity contribution in [1.82, 2.24) is 0 Å². The van der Waals surface area contributed by atoms with Gasteiger partial charge in [-0.15, -0.1) is 18.0 Å². The number of unbranched alkanes of at least 4 members (excludes halogenated alkanes) is 2.